The number of aliphatic hydroxyl groups excluding tert-OH is 2. The van der Waals surface area contributed by atoms with Crippen molar-refractivity contribution >= 4 is 11.9 Å². The Morgan fingerprint density at radius 2 is 0.630 bits per heavy atom. The third-order valence-electron chi connectivity index (χ3n) is 15.8. The first kappa shape index (κ1) is 71.6. The molecule has 0 spiro atoms. The van der Waals surface area contributed by atoms with Crippen LogP contribution in [0.5, 0.6) is 0 Å². The van der Waals surface area contributed by atoms with Crippen LogP contribution in [0.25, 0.3) is 0 Å². The first-order valence-electron chi connectivity index (χ1n) is 33.5. The molecule has 6 nitrogen and oxygen atoms in total. The van der Waals surface area contributed by atoms with E-state index in [4.69, 9.17) is 4.74 Å². The highest BCUT2D eigenvalue weighted by atomic mass is 16.5. The van der Waals surface area contributed by atoms with E-state index >= 15 is 0 Å². The average Bonchev–Trinajstić information content (AvgIpc) is 3.39. The molecule has 3 N–H and O–H groups in total. The van der Waals surface area contributed by atoms with E-state index in [1.807, 2.05) is 6.08 Å². The molecule has 0 aromatic carbocycles. The van der Waals surface area contributed by atoms with Gasteiger partial charge in [0, 0.05) is 12.8 Å². The van der Waals surface area contributed by atoms with E-state index in [9.17, 15) is 19.8 Å². The Balaban J connectivity index is 3.34. The number of carbonyl (C=O) groups excluding carboxylic acids is 2. The number of allylic oxidation sites excluding steroid dienone is 1. The molecule has 73 heavy (non-hydrogen) atoms. The zero-order valence-corrected chi connectivity index (χ0v) is 49.6. The van der Waals surface area contributed by atoms with Gasteiger partial charge in [-0.3, -0.25) is 9.59 Å². The molecule has 0 rings (SSSR count). The maximum atomic E-state index is 12.5. The number of rotatable bonds is 63. The van der Waals surface area contributed by atoms with Gasteiger partial charge in [-0.05, 0) is 32.1 Å². The lowest BCUT2D eigenvalue weighted by molar-refractivity contribution is -0.143. The number of unbranched alkanes of at least 4 members (excludes halogenated alkanes) is 52. The maximum absolute atomic E-state index is 12.5. The summed E-state index contributed by atoms with van der Waals surface area (Å²) in [5.74, 6) is -0.0415. The minimum absolute atomic E-state index is 0.0207. The molecule has 434 valence electrons. The van der Waals surface area contributed by atoms with Crippen LogP contribution in [0, 0.1) is 0 Å². The first-order valence-corrected chi connectivity index (χ1v) is 33.5. The molecule has 0 aliphatic heterocycles. The van der Waals surface area contributed by atoms with E-state index in [-0.39, 0.29) is 18.5 Å². The molecular weight excluding hydrogens is 899 g/mol. The standard InChI is InChI=1S/C67H131NO5/c1-3-5-7-9-11-13-15-17-32-36-39-43-47-51-55-59-65(70)64(63-69)68-66(71)60-56-52-48-44-40-37-33-30-28-26-24-22-20-18-19-21-23-25-27-29-31-34-38-42-46-50-54-58-62-73-67(72)61-57-53-49-45-41-35-16-14-12-10-8-6-4-2/h55,59,64-65,69-70H,3-54,56-58,60-63H2,1-2H3,(H,68,71)/b59-55+. The second kappa shape index (κ2) is 63.1. The Kier molecular flexibility index (Phi) is 61.9. The van der Waals surface area contributed by atoms with E-state index in [0.717, 1.165) is 38.5 Å². The van der Waals surface area contributed by atoms with Crippen molar-refractivity contribution in [1.82, 2.24) is 5.32 Å². The van der Waals surface area contributed by atoms with Crippen molar-refractivity contribution in [3.05, 3.63) is 12.2 Å². The van der Waals surface area contributed by atoms with E-state index in [0.29, 0.717) is 19.4 Å². The fourth-order valence-electron chi connectivity index (χ4n) is 10.7. The molecule has 0 heterocycles. The van der Waals surface area contributed by atoms with Crippen LogP contribution in [0.15, 0.2) is 12.2 Å². The van der Waals surface area contributed by atoms with Gasteiger partial charge in [0.1, 0.15) is 0 Å². The summed E-state index contributed by atoms with van der Waals surface area (Å²) in [6.07, 6.45) is 77.1. The molecule has 0 aliphatic carbocycles. The summed E-state index contributed by atoms with van der Waals surface area (Å²) in [6, 6.07) is -0.624. The van der Waals surface area contributed by atoms with Gasteiger partial charge in [0.25, 0.3) is 0 Å². The van der Waals surface area contributed by atoms with Crippen LogP contribution in [-0.2, 0) is 14.3 Å². The summed E-state index contributed by atoms with van der Waals surface area (Å²) >= 11 is 0. The summed E-state index contributed by atoms with van der Waals surface area (Å²) in [4.78, 5) is 24.5. The Morgan fingerprint density at radius 3 is 0.932 bits per heavy atom. The Morgan fingerprint density at radius 1 is 0.370 bits per heavy atom. The van der Waals surface area contributed by atoms with Gasteiger partial charge < -0.3 is 20.3 Å². The van der Waals surface area contributed by atoms with Gasteiger partial charge in [0.05, 0.1) is 25.4 Å². The van der Waals surface area contributed by atoms with Crippen LogP contribution < -0.4 is 5.32 Å². The third-order valence-corrected chi connectivity index (χ3v) is 15.8. The van der Waals surface area contributed by atoms with Gasteiger partial charge in [-0.2, -0.15) is 0 Å². The van der Waals surface area contributed by atoms with Crippen LogP contribution in [0.4, 0.5) is 0 Å². The van der Waals surface area contributed by atoms with Crippen molar-refractivity contribution < 1.29 is 24.5 Å². The van der Waals surface area contributed by atoms with Crippen LogP contribution >= 0.6 is 0 Å². The van der Waals surface area contributed by atoms with Gasteiger partial charge in [0.15, 0.2) is 0 Å². The number of amides is 1. The molecule has 6 heteroatoms. The Bertz CT molecular complexity index is 1100. The topological polar surface area (TPSA) is 95.9 Å². The fourth-order valence-corrected chi connectivity index (χ4v) is 10.7. The quantitative estimate of drug-likeness (QED) is 0.0320. The van der Waals surface area contributed by atoms with E-state index in [1.54, 1.807) is 6.08 Å². The SMILES string of the molecule is CCCCCCCCCCCCCCC/C=C/C(O)C(CO)NC(=O)CCCCCCCCCCCCCCCCCCCCCCCCCCCCCCOC(=O)CCCCCCCCCCCCCCC. The molecule has 0 radical (unpaired) electrons. The van der Waals surface area contributed by atoms with Crippen LogP contribution in [0.2, 0.25) is 0 Å². The molecular formula is C67H131NO5. The average molecular weight is 1030 g/mol. The number of ether oxygens (including phenoxy) is 1. The van der Waals surface area contributed by atoms with Crippen LogP contribution in [-0.4, -0.2) is 47.4 Å². The molecule has 0 saturated carbocycles. The van der Waals surface area contributed by atoms with Crippen LogP contribution in [0.1, 0.15) is 380 Å². The molecule has 1 amide bonds. The van der Waals surface area contributed by atoms with Crippen molar-refractivity contribution in [3.63, 3.8) is 0 Å². The van der Waals surface area contributed by atoms with Crippen molar-refractivity contribution in [1.29, 1.82) is 0 Å². The normalized spacial score (nSPS) is 12.5. The van der Waals surface area contributed by atoms with E-state index < -0.39 is 12.1 Å². The summed E-state index contributed by atoms with van der Waals surface area (Å²) in [7, 11) is 0. The molecule has 2 unspecified atom stereocenters. The molecule has 0 bridgehead atoms. The molecule has 0 saturated heterocycles. The molecule has 0 aliphatic rings. The van der Waals surface area contributed by atoms with Gasteiger partial charge in [0.2, 0.25) is 5.91 Å². The van der Waals surface area contributed by atoms with E-state index in [1.165, 1.54) is 315 Å². The Hall–Kier alpha value is -1.40. The van der Waals surface area contributed by atoms with Gasteiger partial charge in [-0.1, -0.05) is 347 Å². The van der Waals surface area contributed by atoms with Crippen molar-refractivity contribution in [2.75, 3.05) is 13.2 Å². The highest BCUT2D eigenvalue weighted by molar-refractivity contribution is 5.76. The van der Waals surface area contributed by atoms with E-state index in [2.05, 4.69) is 19.2 Å². The monoisotopic (exact) mass is 1030 g/mol. The maximum Gasteiger partial charge on any atom is 0.305 e. The predicted octanol–water partition coefficient (Wildman–Crippen LogP) is 21.2. The lowest BCUT2D eigenvalue weighted by Gasteiger charge is -2.20. The van der Waals surface area contributed by atoms with Crippen molar-refractivity contribution in [2.24, 2.45) is 0 Å². The van der Waals surface area contributed by atoms with Crippen LogP contribution in [0.3, 0.4) is 0 Å². The smallest absolute Gasteiger partial charge is 0.305 e. The second-order valence-electron chi connectivity index (χ2n) is 23.2. The fraction of sp³-hybridized carbons (Fsp3) is 0.940. The molecule has 0 aromatic heterocycles. The van der Waals surface area contributed by atoms with Gasteiger partial charge >= 0.3 is 5.97 Å². The zero-order valence-electron chi connectivity index (χ0n) is 49.6. The summed E-state index contributed by atoms with van der Waals surface area (Å²) < 4.78 is 5.49. The predicted molar refractivity (Wildman–Crippen MR) is 320 cm³/mol. The number of aliphatic hydroxyl groups is 2. The zero-order chi connectivity index (χ0) is 52.9. The largest absolute Gasteiger partial charge is 0.466 e. The lowest BCUT2D eigenvalue weighted by Crippen LogP contribution is -2.45. The molecule has 2 atom stereocenters. The number of hydrogen-bond donors (Lipinski definition) is 3. The summed E-state index contributed by atoms with van der Waals surface area (Å²) in [5, 5.41) is 23.2. The Labute approximate surface area is 457 Å². The summed E-state index contributed by atoms with van der Waals surface area (Å²) in [6.45, 7) is 4.94. The van der Waals surface area contributed by atoms with Gasteiger partial charge in [-0.25, -0.2) is 0 Å². The minimum Gasteiger partial charge on any atom is -0.466 e. The molecule has 0 aromatic rings. The number of nitrogens with one attached hydrogen (secondary N) is 1. The first-order chi connectivity index (χ1) is 36.0. The minimum atomic E-state index is -0.841. The lowest BCUT2D eigenvalue weighted by atomic mass is 10.0. The summed E-state index contributed by atoms with van der Waals surface area (Å²) in [5.41, 5.74) is 0. The highest BCUT2D eigenvalue weighted by Crippen LogP contribution is 2.19. The number of esters is 1. The molecule has 0 fully saturated rings. The third kappa shape index (κ3) is 59.7. The highest BCUT2D eigenvalue weighted by Gasteiger charge is 2.18. The number of carbonyl (C=O) groups is 2. The van der Waals surface area contributed by atoms with Gasteiger partial charge in [-0.15, -0.1) is 0 Å². The number of hydrogen-bond acceptors (Lipinski definition) is 5. The second-order valence-corrected chi connectivity index (χ2v) is 23.2. The van der Waals surface area contributed by atoms with Crippen molar-refractivity contribution in [3.8, 4) is 0 Å². The van der Waals surface area contributed by atoms with Crippen molar-refractivity contribution in [2.45, 2.75) is 392 Å².